The topological polar surface area (TPSA) is 121 Å². The molecule has 0 saturated carbocycles. The number of carbonyl (C=O) groups excluding carboxylic acids is 2. The van der Waals surface area contributed by atoms with E-state index in [2.05, 4.69) is 20.9 Å². The summed E-state index contributed by atoms with van der Waals surface area (Å²) in [5, 5.41) is 8.39. The SMILES string of the molecule is C/C=C/N=C1\C(=C(/N)NC)C=CN1C(=O)NCCCCNC(=O)OC(C)(C)C. The number of nitrogens with zero attached hydrogens (tertiary/aromatic N) is 2. The zero-order chi connectivity index (χ0) is 21.2. The molecule has 1 rings (SSSR count). The van der Waals surface area contributed by atoms with Crippen molar-refractivity contribution in [3.8, 4) is 0 Å². The van der Waals surface area contributed by atoms with Crippen LogP contribution in [0, 0.1) is 0 Å². The summed E-state index contributed by atoms with van der Waals surface area (Å²) >= 11 is 0. The quantitative estimate of drug-likeness (QED) is 0.495. The predicted molar refractivity (Wildman–Crippen MR) is 110 cm³/mol. The minimum Gasteiger partial charge on any atom is -0.444 e. The van der Waals surface area contributed by atoms with Crippen LogP contribution in [0.5, 0.6) is 0 Å². The van der Waals surface area contributed by atoms with Gasteiger partial charge >= 0.3 is 12.1 Å². The zero-order valence-corrected chi connectivity index (χ0v) is 17.3. The molecule has 0 aliphatic carbocycles. The minimum atomic E-state index is -0.516. The molecule has 9 nitrogen and oxygen atoms in total. The lowest BCUT2D eigenvalue weighted by Crippen LogP contribution is -2.40. The van der Waals surface area contributed by atoms with Crippen LogP contribution < -0.4 is 21.7 Å². The number of amidine groups is 1. The Kier molecular flexibility index (Phi) is 9.07. The highest BCUT2D eigenvalue weighted by atomic mass is 16.6. The molecule has 1 aliphatic heterocycles. The molecule has 0 saturated heterocycles. The second kappa shape index (κ2) is 11.0. The molecule has 0 aromatic carbocycles. The lowest BCUT2D eigenvalue weighted by atomic mass is 10.2. The molecule has 0 fully saturated rings. The molecule has 1 heterocycles. The highest BCUT2D eigenvalue weighted by Gasteiger charge is 2.26. The third-order valence-corrected chi connectivity index (χ3v) is 3.53. The van der Waals surface area contributed by atoms with Crippen molar-refractivity contribution in [2.75, 3.05) is 20.1 Å². The Bertz CT molecular complexity index is 674. The smallest absolute Gasteiger partial charge is 0.407 e. The van der Waals surface area contributed by atoms with E-state index in [9.17, 15) is 9.59 Å². The van der Waals surface area contributed by atoms with Crippen LogP contribution in [0.3, 0.4) is 0 Å². The van der Waals surface area contributed by atoms with E-state index < -0.39 is 11.7 Å². The standard InChI is InChI=1S/C19H32N6O3/c1-6-10-22-16-14(15(20)21-5)9-13-25(16)17(26)23-11-7-8-12-24-18(27)28-19(2,3)4/h6,9-10,13,21H,7-8,11-12,20H2,1-5H3,(H,23,26)(H,24,27)/b10-6+,15-14+,22-16+. The summed E-state index contributed by atoms with van der Waals surface area (Å²) in [4.78, 5) is 29.7. The Morgan fingerprint density at radius 3 is 2.46 bits per heavy atom. The number of alkyl carbamates (subject to hydrolysis) is 1. The van der Waals surface area contributed by atoms with Crippen LogP contribution in [0.1, 0.15) is 40.5 Å². The van der Waals surface area contributed by atoms with Crippen LogP contribution >= 0.6 is 0 Å². The highest BCUT2D eigenvalue weighted by Crippen LogP contribution is 2.17. The zero-order valence-electron chi connectivity index (χ0n) is 17.3. The van der Waals surface area contributed by atoms with Crippen LogP contribution in [0.25, 0.3) is 0 Å². The number of carbonyl (C=O) groups is 2. The average Bonchev–Trinajstić information content (AvgIpc) is 3.04. The molecule has 0 aromatic heterocycles. The van der Waals surface area contributed by atoms with Gasteiger partial charge in [0.25, 0.3) is 0 Å². The van der Waals surface area contributed by atoms with E-state index >= 15 is 0 Å². The van der Waals surface area contributed by atoms with Crippen molar-refractivity contribution in [1.29, 1.82) is 0 Å². The summed E-state index contributed by atoms with van der Waals surface area (Å²) in [6.45, 7) is 8.23. The average molecular weight is 393 g/mol. The van der Waals surface area contributed by atoms with Crippen molar-refractivity contribution in [1.82, 2.24) is 20.9 Å². The van der Waals surface area contributed by atoms with E-state index in [1.54, 1.807) is 31.6 Å². The maximum Gasteiger partial charge on any atom is 0.407 e. The van der Waals surface area contributed by atoms with Crippen LogP contribution in [0.15, 0.2) is 40.9 Å². The third kappa shape index (κ3) is 7.73. The van der Waals surface area contributed by atoms with Gasteiger partial charge in [0.1, 0.15) is 11.4 Å². The number of hydrogen-bond donors (Lipinski definition) is 4. The molecule has 0 atom stereocenters. The number of nitrogens with two attached hydrogens (primary N) is 1. The molecule has 0 spiro atoms. The lowest BCUT2D eigenvalue weighted by Gasteiger charge is -2.19. The second-order valence-electron chi connectivity index (χ2n) is 7.07. The van der Waals surface area contributed by atoms with Gasteiger partial charge in [-0.2, -0.15) is 0 Å². The van der Waals surface area contributed by atoms with Gasteiger partial charge in [0.15, 0.2) is 5.84 Å². The Morgan fingerprint density at radius 2 is 1.89 bits per heavy atom. The third-order valence-electron chi connectivity index (χ3n) is 3.53. The van der Waals surface area contributed by atoms with E-state index in [1.807, 2.05) is 27.7 Å². The van der Waals surface area contributed by atoms with Crippen LogP contribution in [0.4, 0.5) is 9.59 Å². The van der Waals surface area contributed by atoms with E-state index in [4.69, 9.17) is 10.5 Å². The first-order valence-electron chi connectivity index (χ1n) is 9.28. The molecule has 28 heavy (non-hydrogen) atoms. The molecule has 156 valence electrons. The van der Waals surface area contributed by atoms with Gasteiger partial charge < -0.3 is 26.4 Å². The molecule has 0 aromatic rings. The second-order valence-corrected chi connectivity index (χ2v) is 7.07. The van der Waals surface area contributed by atoms with Gasteiger partial charge in [0, 0.05) is 32.5 Å². The number of hydrogen-bond acceptors (Lipinski definition) is 6. The monoisotopic (exact) mass is 392 g/mol. The fourth-order valence-electron chi connectivity index (χ4n) is 2.24. The molecular formula is C19H32N6O3. The Balaban J connectivity index is 2.45. The fraction of sp³-hybridized carbons (Fsp3) is 0.526. The van der Waals surface area contributed by atoms with E-state index in [0.29, 0.717) is 43.2 Å². The van der Waals surface area contributed by atoms with Gasteiger partial charge in [-0.3, -0.25) is 4.90 Å². The molecule has 9 heteroatoms. The first-order valence-corrected chi connectivity index (χ1v) is 9.28. The van der Waals surface area contributed by atoms with Gasteiger partial charge in [-0.25, -0.2) is 14.6 Å². The predicted octanol–water partition coefficient (Wildman–Crippen LogP) is 2.15. The normalized spacial score (nSPS) is 17.2. The summed E-state index contributed by atoms with van der Waals surface area (Å²) in [5.74, 6) is 0.886. The summed E-state index contributed by atoms with van der Waals surface area (Å²) in [7, 11) is 1.71. The highest BCUT2D eigenvalue weighted by molar-refractivity contribution is 6.12. The summed E-state index contributed by atoms with van der Waals surface area (Å²) in [6.07, 6.45) is 7.72. The van der Waals surface area contributed by atoms with Crippen LogP contribution in [-0.4, -0.2) is 48.6 Å². The molecule has 0 bridgehead atoms. The summed E-state index contributed by atoms with van der Waals surface area (Å²) in [5.41, 5.74) is 6.06. The van der Waals surface area contributed by atoms with Gasteiger partial charge in [-0.15, -0.1) is 0 Å². The van der Waals surface area contributed by atoms with Gasteiger partial charge in [-0.1, -0.05) is 6.08 Å². The van der Waals surface area contributed by atoms with Gasteiger partial charge in [0.2, 0.25) is 0 Å². The van der Waals surface area contributed by atoms with Gasteiger partial charge in [-0.05, 0) is 46.6 Å². The number of ether oxygens (including phenoxy) is 1. The lowest BCUT2D eigenvalue weighted by molar-refractivity contribution is 0.0527. The number of amides is 3. The Labute approximate surface area is 166 Å². The van der Waals surface area contributed by atoms with E-state index in [1.165, 1.54) is 4.90 Å². The largest absolute Gasteiger partial charge is 0.444 e. The maximum atomic E-state index is 12.5. The molecule has 0 unspecified atom stereocenters. The number of rotatable bonds is 7. The number of urea groups is 1. The minimum absolute atomic E-state index is 0.293. The summed E-state index contributed by atoms with van der Waals surface area (Å²) < 4.78 is 5.16. The fourth-order valence-corrected chi connectivity index (χ4v) is 2.24. The molecular weight excluding hydrogens is 360 g/mol. The van der Waals surface area contributed by atoms with Crippen molar-refractivity contribution < 1.29 is 14.3 Å². The Morgan fingerprint density at radius 1 is 1.25 bits per heavy atom. The van der Waals surface area contributed by atoms with Crippen molar-refractivity contribution in [2.24, 2.45) is 10.7 Å². The van der Waals surface area contributed by atoms with Crippen molar-refractivity contribution in [3.05, 3.63) is 35.9 Å². The molecule has 5 N–H and O–H groups in total. The Hall–Kier alpha value is -2.97. The molecule has 1 aliphatic rings. The van der Waals surface area contributed by atoms with Gasteiger partial charge in [0.05, 0.1) is 5.57 Å². The number of aliphatic imine (C=N–C) groups is 1. The summed E-state index contributed by atoms with van der Waals surface area (Å²) in [6, 6.07) is -0.293. The molecule has 0 radical (unpaired) electrons. The van der Waals surface area contributed by atoms with Crippen molar-refractivity contribution in [2.45, 2.75) is 46.1 Å². The van der Waals surface area contributed by atoms with Crippen molar-refractivity contribution in [3.63, 3.8) is 0 Å². The van der Waals surface area contributed by atoms with Crippen LogP contribution in [0.2, 0.25) is 0 Å². The number of allylic oxidation sites excluding steroid dienone is 1. The first-order chi connectivity index (χ1) is 13.2. The number of nitrogens with one attached hydrogen (secondary N) is 3. The van der Waals surface area contributed by atoms with E-state index in [0.717, 1.165) is 0 Å². The maximum absolute atomic E-state index is 12.5. The number of unbranched alkanes of at least 4 members (excludes halogenated alkanes) is 1. The first kappa shape index (κ1) is 23.1. The molecule has 3 amide bonds. The van der Waals surface area contributed by atoms with Crippen molar-refractivity contribution >= 4 is 18.0 Å². The van der Waals surface area contributed by atoms with Crippen LogP contribution in [-0.2, 0) is 4.74 Å². The van der Waals surface area contributed by atoms with E-state index in [-0.39, 0.29) is 6.03 Å².